The highest BCUT2D eigenvalue weighted by Crippen LogP contribution is 2.35. The molecule has 1 aromatic carbocycles. The second kappa shape index (κ2) is 6.79. The number of hydrogen-bond acceptors (Lipinski definition) is 8. The zero-order valence-corrected chi connectivity index (χ0v) is 13.6. The van der Waals surface area contributed by atoms with Gasteiger partial charge in [-0.05, 0) is 19.1 Å². The molecule has 0 radical (unpaired) electrons. The van der Waals surface area contributed by atoms with Crippen molar-refractivity contribution in [2.75, 3.05) is 37.6 Å². The number of aliphatic hydroxyl groups is 1. The summed E-state index contributed by atoms with van der Waals surface area (Å²) in [6, 6.07) is 7.11. The van der Waals surface area contributed by atoms with Crippen LogP contribution in [0.2, 0.25) is 0 Å². The molecule has 8 nitrogen and oxygen atoms in total. The average Bonchev–Trinajstić information content (AvgIpc) is 2.99. The number of aliphatic hydroxyl groups excluding tert-OH is 1. The van der Waals surface area contributed by atoms with Gasteiger partial charge >= 0.3 is 0 Å². The molecule has 3 rings (SSSR count). The lowest BCUT2D eigenvalue weighted by atomic mass is 10.3. The maximum Gasteiger partial charge on any atom is 0.231 e. The minimum Gasteiger partial charge on any atom is -0.491 e. The van der Waals surface area contributed by atoms with Crippen LogP contribution in [0.5, 0.6) is 17.2 Å². The van der Waals surface area contributed by atoms with Crippen LogP contribution in [-0.2, 0) is 0 Å². The smallest absolute Gasteiger partial charge is 0.231 e. The molecule has 128 valence electrons. The van der Waals surface area contributed by atoms with Crippen molar-refractivity contribution in [3.63, 3.8) is 0 Å². The van der Waals surface area contributed by atoms with Crippen molar-refractivity contribution in [1.82, 2.24) is 9.97 Å². The Morgan fingerprint density at radius 1 is 1.29 bits per heavy atom. The molecule has 24 heavy (non-hydrogen) atoms. The van der Waals surface area contributed by atoms with E-state index in [-0.39, 0.29) is 19.3 Å². The van der Waals surface area contributed by atoms with Crippen LogP contribution >= 0.6 is 0 Å². The van der Waals surface area contributed by atoms with Crippen molar-refractivity contribution in [3.8, 4) is 17.2 Å². The quantitative estimate of drug-likeness (QED) is 0.807. The summed E-state index contributed by atoms with van der Waals surface area (Å²) < 4.78 is 16.1. The molecule has 0 aliphatic carbocycles. The van der Waals surface area contributed by atoms with Crippen LogP contribution < -0.4 is 24.8 Å². The molecule has 2 aromatic rings. The molecule has 0 amide bonds. The molecule has 0 bridgehead atoms. The van der Waals surface area contributed by atoms with Crippen LogP contribution in [0, 0.1) is 6.92 Å². The Kier molecular flexibility index (Phi) is 4.57. The summed E-state index contributed by atoms with van der Waals surface area (Å²) in [4.78, 5) is 9.99. The molecule has 0 fully saturated rings. The van der Waals surface area contributed by atoms with Gasteiger partial charge in [0.05, 0.1) is 0 Å². The molecule has 0 spiro atoms. The third kappa shape index (κ3) is 3.77. The van der Waals surface area contributed by atoms with Crippen molar-refractivity contribution < 1.29 is 19.3 Å². The maximum atomic E-state index is 10.2. The van der Waals surface area contributed by atoms with E-state index in [0.29, 0.717) is 29.6 Å². The van der Waals surface area contributed by atoms with Crippen LogP contribution in [0.25, 0.3) is 0 Å². The summed E-state index contributed by atoms with van der Waals surface area (Å²) in [6.07, 6.45) is -0.697. The Hall–Kier alpha value is -2.74. The third-order valence-corrected chi connectivity index (χ3v) is 3.52. The number of nitrogens with zero attached hydrogens (tertiary/aromatic N) is 3. The van der Waals surface area contributed by atoms with Gasteiger partial charge in [0.25, 0.3) is 0 Å². The third-order valence-electron chi connectivity index (χ3n) is 3.52. The van der Waals surface area contributed by atoms with Gasteiger partial charge in [-0.3, -0.25) is 0 Å². The molecule has 3 N–H and O–H groups in total. The van der Waals surface area contributed by atoms with Gasteiger partial charge in [-0.1, -0.05) is 0 Å². The topological polar surface area (TPSA) is 103 Å². The van der Waals surface area contributed by atoms with Gasteiger partial charge in [-0.15, -0.1) is 0 Å². The second-order valence-corrected chi connectivity index (χ2v) is 5.59. The van der Waals surface area contributed by atoms with Crippen molar-refractivity contribution in [2.45, 2.75) is 13.0 Å². The fraction of sp³-hybridized carbons (Fsp3) is 0.375. The summed E-state index contributed by atoms with van der Waals surface area (Å²) in [5, 5.41) is 10.2. The lowest BCUT2D eigenvalue weighted by Gasteiger charge is -2.22. The second-order valence-electron chi connectivity index (χ2n) is 5.59. The largest absolute Gasteiger partial charge is 0.491 e. The lowest BCUT2D eigenvalue weighted by Crippen LogP contribution is -2.33. The molecule has 2 heterocycles. The number of aryl methyl sites for hydroxylation is 1. The highest BCUT2D eigenvalue weighted by atomic mass is 16.7. The van der Waals surface area contributed by atoms with Crippen molar-refractivity contribution in [3.05, 3.63) is 30.0 Å². The Labute approximate surface area is 139 Å². The van der Waals surface area contributed by atoms with Gasteiger partial charge in [0.1, 0.15) is 24.3 Å². The van der Waals surface area contributed by atoms with Crippen LogP contribution in [0.4, 0.5) is 11.8 Å². The molecule has 0 saturated carbocycles. The van der Waals surface area contributed by atoms with Crippen molar-refractivity contribution in [2.24, 2.45) is 0 Å². The van der Waals surface area contributed by atoms with E-state index in [9.17, 15) is 5.11 Å². The number of ether oxygens (including phenoxy) is 3. The number of hydrogen-bond donors (Lipinski definition) is 2. The molecule has 1 aliphatic heterocycles. The Bertz CT molecular complexity index is 705. The van der Waals surface area contributed by atoms with Gasteiger partial charge in [0.15, 0.2) is 11.5 Å². The van der Waals surface area contributed by atoms with Crippen LogP contribution in [0.15, 0.2) is 24.3 Å². The molecule has 0 saturated heterocycles. The first-order valence-corrected chi connectivity index (χ1v) is 7.54. The van der Waals surface area contributed by atoms with Crippen LogP contribution in [0.3, 0.4) is 0 Å². The number of nitrogens with two attached hydrogens (primary N) is 1. The average molecular weight is 332 g/mol. The number of benzene rings is 1. The van der Waals surface area contributed by atoms with Crippen LogP contribution in [-0.4, -0.2) is 48.2 Å². The van der Waals surface area contributed by atoms with Crippen molar-refractivity contribution >= 4 is 11.8 Å². The molecule has 1 aromatic heterocycles. The molecular weight excluding hydrogens is 312 g/mol. The first kappa shape index (κ1) is 16.1. The normalized spacial score (nSPS) is 13.6. The van der Waals surface area contributed by atoms with E-state index in [4.69, 9.17) is 19.9 Å². The zero-order valence-electron chi connectivity index (χ0n) is 13.6. The zero-order chi connectivity index (χ0) is 17.1. The minimum atomic E-state index is -0.697. The number of nitrogen functional groups attached to an aromatic ring is 1. The molecule has 1 atom stereocenters. The summed E-state index contributed by atoms with van der Waals surface area (Å²) in [7, 11) is 1.82. The Morgan fingerprint density at radius 3 is 2.88 bits per heavy atom. The molecule has 0 unspecified atom stereocenters. The molecular formula is C16H20N4O4. The lowest BCUT2D eigenvalue weighted by molar-refractivity contribution is 0.113. The Balaban J connectivity index is 1.54. The number of likely N-dealkylation sites (N-methyl/N-ethyl adjacent to an activating group) is 1. The van der Waals surface area contributed by atoms with Gasteiger partial charge in [-0.2, -0.15) is 4.98 Å². The maximum absolute atomic E-state index is 10.2. The van der Waals surface area contributed by atoms with E-state index < -0.39 is 6.10 Å². The SMILES string of the molecule is Cc1cc(N(C)C[C@H](O)COc2ccc3c(c2)OCO3)nc(N)n1. The van der Waals surface area contributed by atoms with Crippen molar-refractivity contribution in [1.29, 1.82) is 0 Å². The summed E-state index contributed by atoms with van der Waals surface area (Å²) >= 11 is 0. The number of aromatic nitrogens is 2. The number of fused-ring (bicyclic) bond motifs is 1. The number of rotatable bonds is 6. The number of anilines is 2. The van der Waals surface area contributed by atoms with E-state index in [1.807, 2.05) is 20.0 Å². The monoisotopic (exact) mass is 332 g/mol. The van der Waals surface area contributed by atoms with Crippen LogP contribution in [0.1, 0.15) is 5.69 Å². The summed E-state index contributed by atoms with van der Waals surface area (Å²) in [6.45, 7) is 2.55. The fourth-order valence-electron chi connectivity index (χ4n) is 2.39. The van der Waals surface area contributed by atoms with E-state index in [2.05, 4.69) is 9.97 Å². The van der Waals surface area contributed by atoms with Gasteiger partial charge < -0.3 is 30.0 Å². The highest BCUT2D eigenvalue weighted by molar-refractivity contribution is 5.47. The Morgan fingerprint density at radius 2 is 2.08 bits per heavy atom. The van der Waals surface area contributed by atoms with Gasteiger partial charge in [0, 0.05) is 31.4 Å². The predicted molar refractivity (Wildman–Crippen MR) is 88.5 cm³/mol. The molecule has 1 aliphatic rings. The van der Waals surface area contributed by atoms with E-state index >= 15 is 0 Å². The fourth-order valence-corrected chi connectivity index (χ4v) is 2.39. The standard InChI is InChI=1S/C16H20N4O4/c1-10-5-15(19-16(17)18-10)20(2)7-11(21)8-22-12-3-4-13-14(6-12)24-9-23-13/h3-6,11,21H,7-9H2,1-2H3,(H2,17,18,19)/t11-/m0/s1. The van der Waals surface area contributed by atoms with E-state index in [1.54, 1.807) is 23.1 Å². The van der Waals surface area contributed by atoms with E-state index in [0.717, 1.165) is 5.69 Å². The summed E-state index contributed by atoms with van der Waals surface area (Å²) in [5.74, 6) is 2.82. The van der Waals surface area contributed by atoms with Gasteiger partial charge in [0.2, 0.25) is 12.7 Å². The minimum absolute atomic E-state index is 0.142. The van der Waals surface area contributed by atoms with E-state index in [1.165, 1.54) is 0 Å². The highest BCUT2D eigenvalue weighted by Gasteiger charge is 2.15. The molecule has 8 heteroatoms. The predicted octanol–water partition coefficient (Wildman–Crippen LogP) is 0.972. The first-order valence-electron chi connectivity index (χ1n) is 7.54. The van der Waals surface area contributed by atoms with Gasteiger partial charge in [-0.25, -0.2) is 4.98 Å². The first-order chi connectivity index (χ1) is 11.5. The summed E-state index contributed by atoms with van der Waals surface area (Å²) in [5.41, 5.74) is 6.42.